The first-order valence-corrected chi connectivity index (χ1v) is 8.65. The van der Waals surface area contributed by atoms with Crippen LogP contribution in [0.5, 0.6) is 0 Å². The molecule has 26 heavy (non-hydrogen) atoms. The third-order valence-corrected chi connectivity index (χ3v) is 4.76. The van der Waals surface area contributed by atoms with Gasteiger partial charge in [0.1, 0.15) is 16.9 Å². The molecule has 3 heterocycles. The van der Waals surface area contributed by atoms with Crippen LogP contribution in [0.2, 0.25) is 0 Å². The summed E-state index contributed by atoms with van der Waals surface area (Å²) in [6, 6.07) is 7.91. The molecule has 4 aromatic rings. The molecule has 1 N–H and O–H groups in total. The summed E-state index contributed by atoms with van der Waals surface area (Å²) >= 11 is 1.39. The van der Waals surface area contributed by atoms with E-state index in [-0.39, 0.29) is 11.3 Å². The molecular weight excluding hydrogens is 350 g/mol. The topological polar surface area (TPSA) is 89.8 Å². The maximum Gasteiger partial charge on any atom is 0.290 e. The van der Waals surface area contributed by atoms with Crippen LogP contribution in [0, 0.1) is 6.92 Å². The molecule has 0 radical (unpaired) electrons. The average Bonchev–Trinajstić information content (AvgIpc) is 3.10. The fourth-order valence-electron chi connectivity index (χ4n) is 2.54. The van der Waals surface area contributed by atoms with Crippen LogP contribution < -0.4 is 11.0 Å². The molecular formula is C18H13N5O2S. The Bertz CT molecular complexity index is 1150. The molecule has 0 aliphatic heterocycles. The summed E-state index contributed by atoms with van der Waals surface area (Å²) in [5.41, 5.74) is 5.14. The largest absolute Gasteiger partial charge is 0.290 e. The van der Waals surface area contributed by atoms with Crippen molar-refractivity contribution in [2.24, 2.45) is 0 Å². The van der Waals surface area contributed by atoms with E-state index >= 15 is 0 Å². The number of fused-ring (bicyclic) bond motifs is 1. The van der Waals surface area contributed by atoms with Gasteiger partial charge in [-0.3, -0.25) is 20.0 Å². The summed E-state index contributed by atoms with van der Waals surface area (Å²) in [6.07, 6.45) is 5.51. The van der Waals surface area contributed by atoms with Crippen molar-refractivity contribution in [2.45, 2.75) is 6.92 Å². The second-order valence-corrected chi connectivity index (χ2v) is 6.50. The smallest absolute Gasteiger partial charge is 0.267 e. The maximum atomic E-state index is 12.9. The van der Waals surface area contributed by atoms with E-state index in [4.69, 9.17) is 0 Å². The molecule has 0 saturated carbocycles. The Hall–Kier alpha value is -3.39. The predicted molar refractivity (Wildman–Crippen MR) is 99.8 cm³/mol. The molecule has 128 valence electrons. The lowest BCUT2D eigenvalue weighted by molar-refractivity contribution is 0.100. The average molecular weight is 363 g/mol. The SMILES string of the molecule is Cc1ccc(-c2csc3ncn(NC(=O)c4cnccn4)c(=O)c23)cc1. The quantitative estimate of drug-likeness (QED) is 0.604. The van der Waals surface area contributed by atoms with E-state index in [2.05, 4.69) is 20.4 Å². The normalized spacial score (nSPS) is 10.8. The van der Waals surface area contributed by atoms with Crippen molar-refractivity contribution in [3.05, 3.63) is 76.2 Å². The van der Waals surface area contributed by atoms with Gasteiger partial charge in [0.05, 0.1) is 11.6 Å². The number of nitrogens with zero attached hydrogens (tertiary/aromatic N) is 4. The summed E-state index contributed by atoms with van der Waals surface area (Å²) in [7, 11) is 0. The van der Waals surface area contributed by atoms with Crippen LogP contribution in [0.1, 0.15) is 16.1 Å². The summed E-state index contributed by atoms with van der Waals surface area (Å²) < 4.78 is 1.07. The first-order valence-electron chi connectivity index (χ1n) is 7.77. The fourth-order valence-corrected chi connectivity index (χ4v) is 3.45. The monoisotopic (exact) mass is 363 g/mol. The molecule has 1 aromatic carbocycles. The first kappa shape index (κ1) is 16.1. The van der Waals surface area contributed by atoms with Gasteiger partial charge in [-0.1, -0.05) is 29.8 Å². The predicted octanol–water partition coefficient (Wildman–Crippen LogP) is 2.61. The van der Waals surface area contributed by atoms with Crippen molar-refractivity contribution in [3.63, 3.8) is 0 Å². The molecule has 0 aliphatic carbocycles. The number of aryl methyl sites for hydroxylation is 1. The zero-order chi connectivity index (χ0) is 18.1. The summed E-state index contributed by atoms with van der Waals surface area (Å²) in [4.78, 5) is 37.8. The molecule has 0 aliphatic rings. The van der Waals surface area contributed by atoms with E-state index in [9.17, 15) is 9.59 Å². The van der Waals surface area contributed by atoms with E-state index in [0.29, 0.717) is 10.2 Å². The number of rotatable bonds is 3. The minimum Gasteiger partial charge on any atom is -0.267 e. The number of hydrogen-bond acceptors (Lipinski definition) is 6. The Kier molecular flexibility index (Phi) is 4.02. The highest BCUT2D eigenvalue weighted by Crippen LogP contribution is 2.30. The molecule has 1 amide bonds. The molecule has 0 saturated heterocycles. The van der Waals surface area contributed by atoms with Crippen LogP contribution >= 0.6 is 11.3 Å². The molecule has 0 spiro atoms. The lowest BCUT2D eigenvalue weighted by atomic mass is 10.1. The van der Waals surface area contributed by atoms with Crippen LogP contribution in [0.4, 0.5) is 0 Å². The van der Waals surface area contributed by atoms with Gasteiger partial charge in [-0.15, -0.1) is 11.3 Å². The van der Waals surface area contributed by atoms with Gasteiger partial charge in [-0.05, 0) is 12.5 Å². The third-order valence-electron chi connectivity index (χ3n) is 3.88. The number of hydrogen-bond donors (Lipinski definition) is 1. The van der Waals surface area contributed by atoms with Gasteiger partial charge < -0.3 is 0 Å². The highest BCUT2D eigenvalue weighted by atomic mass is 32.1. The molecule has 7 nitrogen and oxygen atoms in total. The van der Waals surface area contributed by atoms with Crippen LogP contribution in [0.25, 0.3) is 21.3 Å². The standard InChI is InChI=1S/C18H13N5O2S/c1-11-2-4-12(5-3-11)13-9-26-17-15(13)18(25)23(10-21-17)22-16(24)14-8-19-6-7-20-14/h2-10H,1H3,(H,22,24). The highest BCUT2D eigenvalue weighted by Gasteiger charge is 2.15. The first-order chi connectivity index (χ1) is 12.6. The summed E-state index contributed by atoms with van der Waals surface area (Å²) in [5.74, 6) is -0.534. The Morgan fingerprint density at radius 3 is 2.69 bits per heavy atom. The number of thiophene rings is 1. The van der Waals surface area contributed by atoms with Gasteiger partial charge in [0.25, 0.3) is 11.5 Å². The minimum absolute atomic E-state index is 0.114. The van der Waals surface area contributed by atoms with Crippen molar-refractivity contribution in [1.29, 1.82) is 0 Å². The van der Waals surface area contributed by atoms with E-state index in [1.54, 1.807) is 0 Å². The molecule has 4 rings (SSSR count). The second-order valence-electron chi connectivity index (χ2n) is 5.65. The Balaban J connectivity index is 1.77. The van der Waals surface area contributed by atoms with Crippen LogP contribution in [0.3, 0.4) is 0 Å². The Morgan fingerprint density at radius 2 is 1.96 bits per heavy atom. The number of carbonyl (C=O) groups is 1. The van der Waals surface area contributed by atoms with Gasteiger partial charge in [0, 0.05) is 23.3 Å². The number of aromatic nitrogens is 4. The van der Waals surface area contributed by atoms with Gasteiger partial charge in [0.15, 0.2) is 0 Å². The number of nitrogens with one attached hydrogen (secondary N) is 1. The maximum absolute atomic E-state index is 12.9. The molecule has 0 bridgehead atoms. The van der Waals surface area contributed by atoms with Crippen LogP contribution in [-0.4, -0.2) is 25.5 Å². The van der Waals surface area contributed by atoms with Gasteiger partial charge in [-0.25, -0.2) is 14.6 Å². The van der Waals surface area contributed by atoms with Gasteiger partial charge in [0.2, 0.25) is 0 Å². The van der Waals surface area contributed by atoms with Crippen molar-refractivity contribution < 1.29 is 4.79 Å². The number of benzene rings is 1. The van der Waals surface area contributed by atoms with E-state index in [1.807, 2.05) is 36.6 Å². The zero-order valence-corrected chi connectivity index (χ0v) is 14.5. The van der Waals surface area contributed by atoms with E-state index in [1.165, 1.54) is 36.3 Å². The zero-order valence-electron chi connectivity index (χ0n) is 13.7. The summed E-state index contributed by atoms with van der Waals surface area (Å²) in [5, 5.41) is 2.37. The van der Waals surface area contributed by atoms with Gasteiger partial charge in [-0.2, -0.15) is 0 Å². The minimum atomic E-state index is -0.534. The van der Waals surface area contributed by atoms with Crippen LogP contribution in [0.15, 0.2) is 59.4 Å². The second kappa shape index (κ2) is 6.49. The molecule has 8 heteroatoms. The van der Waals surface area contributed by atoms with E-state index < -0.39 is 5.91 Å². The van der Waals surface area contributed by atoms with Crippen molar-refractivity contribution in [2.75, 3.05) is 5.43 Å². The van der Waals surface area contributed by atoms with Crippen molar-refractivity contribution in [3.8, 4) is 11.1 Å². The molecule has 0 fully saturated rings. The Morgan fingerprint density at radius 1 is 1.15 bits per heavy atom. The van der Waals surface area contributed by atoms with Gasteiger partial charge >= 0.3 is 0 Å². The fraction of sp³-hybridized carbons (Fsp3) is 0.0556. The lowest BCUT2D eigenvalue weighted by Crippen LogP contribution is -2.33. The molecule has 0 unspecified atom stereocenters. The highest BCUT2D eigenvalue weighted by molar-refractivity contribution is 7.17. The lowest BCUT2D eigenvalue weighted by Gasteiger charge is -2.07. The van der Waals surface area contributed by atoms with E-state index in [0.717, 1.165) is 21.4 Å². The molecule has 0 atom stereocenters. The molecule has 3 aromatic heterocycles. The number of amides is 1. The number of carbonyl (C=O) groups excluding carboxylic acids is 1. The van der Waals surface area contributed by atoms with Crippen LogP contribution in [-0.2, 0) is 0 Å². The Labute approximate surface area is 152 Å². The van der Waals surface area contributed by atoms with Crippen molar-refractivity contribution >= 4 is 27.5 Å². The van der Waals surface area contributed by atoms with Crippen molar-refractivity contribution in [1.82, 2.24) is 19.6 Å². The third kappa shape index (κ3) is 2.86. The summed E-state index contributed by atoms with van der Waals surface area (Å²) in [6.45, 7) is 2.01.